The Balaban J connectivity index is 1.70. The van der Waals surface area contributed by atoms with E-state index in [9.17, 15) is 15.3 Å². The van der Waals surface area contributed by atoms with Crippen LogP contribution in [0, 0.1) is 0 Å². The zero-order chi connectivity index (χ0) is 19.9. The molecule has 1 aliphatic heterocycles. The van der Waals surface area contributed by atoms with Crippen LogP contribution in [0.15, 0.2) is 59.5 Å². The van der Waals surface area contributed by atoms with E-state index < -0.39 is 37.3 Å². The van der Waals surface area contributed by atoms with Crippen molar-refractivity contribution in [2.24, 2.45) is 0 Å². The van der Waals surface area contributed by atoms with Crippen LogP contribution < -0.4 is 4.74 Å². The molecule has 0 spiro atoms. The fourth-order valence-electron chi connectivity index (χ4n) is 3.00. The van der Waals surface area contributed by atoms with Crippen molar-refractivity contribution in [2.45, 2.75) is 49.1 Å². The Kier molecular flexibility index (Phi) is 7.73. The van der Waals surface area contributed by atoms with E-state index in [0.29, 0.717) is 5.75 Å². The summed E-state index contributed by atoms with van der Waals surface area (Å²) in [6, 6.07) is 17.0. The third kappa shape index (κ3) is 5.26. The van der Waals surface area contributed by atoms with E-state index >= 15 is 0 Å². The molecule has 0 aliphatic carbocycles. The summed E-state index contributed by atoms with van der Waals surface area (Å²) in [7, 11) is 0. The van der Waals surface area contributed by atoms with Crippen LogP contribution in [0.5, 0.6) is 5.75 Å². The van der Waals surface area contributed by atoms with E-state index in [1.165, 1.54) is 4.90 Å². The van der Waals surface area contributed by atoms with Gasteiger partial charge in [0.05, 0.1) is 13.2 Å². The average molecular weight is 407 g/mol. The predicted octanol–water partition coefficient (Wildman–Crippen LogP) is 2.20. The molecule has 1 heterocycles. The molecule has 152 valence electrons. The van der Waals surface area contributed by atoms with Crippen LogP contribution in [0.25, 0.3) is 0 Å². The van der Waals surface area contributed by atoms with Gasteiger partial charge < -0.3 is 29.5 Å². The molecule has 3 N–H and O–H groups in total. The molecule has 2 aromatic carbocycles. The molecule has 3 rings (SSSR count). The van der Waals surface area contributed by atoms with Crippen molar-refractivity contribution in [1.29, 1.82) is 0 Å². The molecule has 1 fully saturated rings. The molecule has 0 aromatic heterocycles. The lowest BCUT2D eigenvalue weighted by atomic mass is 9.99. The standard InChI is InChI=1S/C21H26O6S/c1-2-28-16-10-8-14(9-11-16)13-25-20-19(24)18(23)17(12-22)27-21(20)26-15-6-4-3-5-7-15/h3-11,17-24H,2,12-13H2,1H3/t17-,18-,19+,20-,21+/m1/s1. The van der Waals surface area contributed by atoms with E-state index in [-0.39, 0.29) is 6.61 Å². The summed E-state index contributed by atoms with van der Waals surface area (Å²) in [6.07, 6.45) is -5.35. The van der Waals surface area contributed by atoms with E-state index in [1.54, 1.807) is 23.9 Å². The second-order valence-electron chi connectivity index (χ2n) is 6.49. The summed E-state index contributed by atoms with van der Waals surface area (Å²) in [5, 5.41) is 30.2. The lowest BCUT2D eigenvalue weighted by Crippen LogP contribution is -2.60. The first-order chi connectivity index (χ1) is 13.6. The summed E-state index contributed by atoms with van der Waals surface area (Å²) in [5.41, 5.74) is 0.935. The normalized spacial score (nSPS) is 27.5. The summed E-state index contributed by atoms with van der Waals surface area (Å²) in [5.74, 6) is 1.55. The molecule has 5 atom stereocenters. The molecule has 1 saturated heterocycles. The maximum absolute atomic E-state index is 10.5. The van der Waals surface area contributed by atoms with Gasteiger partial charge in [-0.05, 0) is 35.6 Å². The Hall–Kier alpha value is -1.61. The molecule has 0 amide bonds. The lowest BCUT2D eigenvalue weighted by molar-refractivity contribution is -0.289. The van der Waals surface area contributed by atoms with Gasteiger partial charge in [0.2, 0.25) is 6.29 Å². The minimum Gasteiger partial charge on any atom is -0.462 e. The smallest absolute Gasteiger partial charge is 0.229 e. The Morgan fingerprint density at radius 1 is 1.00 bits per heavy atom. The molecule has 28 heavy (non-hydrogen) atoms. The molecular weight excluding hydrogens is 380 g/mol. The Labute approximate surface area is 169 Å². The third-order valence-electron chi connectivity index (χ3n) is 4.50. The lowest BCUT2D eigenvalue weighted by Gasteiger charge is -2.41. The van der Waals surface area contributed by atoms with E-state index in [1.807, 2.05) is 42.5 Å². The first-order valence-corrected chi connectivity index (χ1v) is 10.3. The molecule has 6 nitrogen and oxygen atoms in total. The topological polar surface area (TPSA) is 88.4 Å². The first kappa shape index (κ1) is 21.1. The fraction of sp³-hybridized carbons (Fsp3) is 0.429. The molecular formula is C21H26O6S. The number of para-hydroxylation sites is 1. The zero-order valence-corrected chi connectivity index (χ0v) is 16.5. The van der Waals surface area contributed by atoms with Gasteiger partial charge in [0, 0.05) is 4.90 Å². The number of aliphatic hydroxyl groups is 3. The van der Waals surface area contributed by atoms with Gasteiger partial charge in [-0.1, -0.05) is 37.3 Å². The summed E-state index contributed by atoms with van der Waals surface area (Å²) in [6.45, 7) is 1.90. The van der Waals surface area contributed by atoms with Crippen molar-refractivity contribution < 1.29 is 29.5 Å². The van der Waals surface area contributed by atoms with Crippen molar-refractivity contribution >= 4 is 11.8 Å². The van der Waals surface area contributed by atoms with Gasteiger partial charge in [0.1, 0.15) is 30.2 Å². The Morgan fingerprint density at radius 3 is 2.36 bits per heavy atom. The third-order valence-corrected chi connectivity index (χ3v) is 5.39. The van der Waals surface area contributed by atoms with Gasteiger partial charge in [-0.2, -0.15) is 0 Å². The highest BCUT2D eigenvalue weighted by Gasteiger charge is 2.46. The van der Waals surface area contributed by atoms with Crippen LogP contribution in [-0.4, -0.2) is 58.4 Å². The summed E-state index contributed by atoms with van der Waals surface area (Å²) < 4.78 is 17.4. The van der Waals surface area contributed by atoms with Gasteiger partial charge in [-0.15, -0.1) is 11.8 Å². The number of benzene rings is 2. The fourth-order valence-corrected chi connectivity index (χ4v) is 3.66. The Bertz CT molecular complexity index is 711. The molecule has 2 aromatic rings. The summed E-state index contributed by atoms with van der Waals surface area (Å²) in [4.78, 5) is 1.18. The van der Waals surface area contributed by atoms with Crippen molar-refractivity contribution in [3.63, 3.8) is 0 Å². The minimum absolute atomic E-state index is 0.229. The Morgan fingerprint density at radius 2 is 1.71 bits per heavy atom. The summed E-state index contributed by atoms with van der Waals surface area (Å²) >= 11 is 1.76. The number of hydrogen-bond acceptors (Lipinski definition) is 7. The van der Waals surface area contributed by atoms with Gasteiger partial charge >= 0.3 is 0 Å². The number of rotatable bonds is 8. The van der Waals surface area contributed by atoms with Crippen LogP contribution in [0.1, 0.15) is 12.5 Å². The second-order valence-corrected chi connectivity index (χ2v) is 7.83. The maximum atomic E-state index is 10.5. The van der Waals surface area contributed by atoms with Crippen LogP contribution in [-0.2, 0) is 16.1 Å². The molecule has 1 aliphatic rings. The molecule has 0 unspecified atom stereocenters. The monoisotopic (exact) mass is 406 g/mol. The number of hydrogen-bond donors (Lipinski definition) is 3. The first-order valence-electron chi connectivity index (χ1n) is 9.30. The van der Waals surface area contributed by atoms with Gasteiger partial charge in [-0.25, -0.2) is 0 Å². The van der Waals surface area contributed by atoms with Crippen LogP contribution in [0.4, 0.5) is 0 Å². The zero-order valence-electron chi connectivity index (χ0n) is 15.7. The van der Waals surface area contributed by atoms with E-state index in [0.717, 1.165) is 11.3 Å². The molecule has 0 radical (unpaired) electrons. The van der Waals surface area contributed by atoms with Crippen LogP contribution >= 0.6 is 11.8 Å². The van der Waals surface area contributed by atoms with Crippen LogP contribution in [0.3, 0.4) is 0 Å². The molecule has 7 heteroatoms. The highest BCUT2D eigenvalue weighted by molar-refractivity contribution is 7.99. The highest BCUT2D eigenvalue weighted by atomic mass is 32.2. The largest absolute Gasteiger partial charge is 0.462 e. The number of aliphatic hydroxyl groups excluding tert-OH is 3. The average Bonchev–Trinajstić information content (AvgIpc) is 2.72. The minimum atomic E-state index is -1.27. The van der Waals surface area contributed by atoms with E-state index in [4.69, 9.17) is 14.2 Å². The van der Waals surface area contributed by atoms with Crippen molar-refractivity contribution in [2.75, 3.05) is 12.4 Å². The maximum Gasteiger partial charge on any atom is 0.229 e. The van der Waals surface area contributed by atoms with Crippen LogP contribution in [0.2, 0.25) is 0 Å². The quantitative estimate of drug-likeness (QED) is 0.579. The van der Waals surface area contributed by atoms with Crippen molar-refractivity contribution in [1.82, 2.24) is 0 Å². The molecule has 0 saturated carbocycles. The van der Waals surface area contributed by atoms with Crippen molar-refractivity contribution in [3.05, 3.63) is 60.2 Å². The SMILES string of the molecule is CCSc1ccc(CO[C@H]2[C@@H](Oc3ccccc3)O[C@H](CO)[C@@H](O)[C@@H]2O)cc1. The molecule has 0 bridgehead atoms. The number of thioether (sulfide) groups is 1. The van der Waals surface area contributed by atoms with E-state index in [2.05, 4.69) is 6.92 Å². The second kappa shape index (κ2) is 10.2. The highest BCUT2D eigenvalue weighted by Crippen LogP contribution is 2.27. The van der Waals surface area contributed by atoms with Gasteiger partial charge in [0.25, 0.3) is 0 Å². The van der Waals surface area contributed by atoms with Gasteiger partial charge in [-0.3, -0.25) is 0 Å². The van der Waals surface area contributed by atoms with Crippen molar-refractivity contribution in [3.8, 4) is 5.75 Å². The predicted molar refractivity (Wildman–Crippen MR) is 106 cm³/mol. The number of ether oxygens (including phenoxy) is 3. The van der Waals surface area contributed by atoms with Gasteiger partial charge in [0.15, 0.2) is 0 Å².